The van der Waals surface area contributed by atoms with Gasteiger partial charge in [0.05, 0.1) is 18.6 Å². The highest BCUT2D eigenvalue weighted by Crippen LogP contribution is 2.38. The first-order valence-corrected chi connectivity index (χ1v) is 9.46. The van der Waals surface area contributed by atoms with Gasteiger partial charge in [0.25, 0.3) is 0 Å². The van der Waals surface area contributed by atoms with Crippen LogP contribution in [0.1, 0.15) is 42.7 Å². The van der Waals surface area contributed by atoms with Gasteiger partial charge in [-0.3, -0.25) is 9.59 Å². The number of nitrogens with zero attached hydrogens (tertiary/aromatic N) is 2. The molecule has 0 radical (unpaired) electrons. The summed E-state index contributed by atoms with van der Waals surface area (Å²) in [7, 11) is 1.38. The largest absolute Gasteiger partial charge is 0.469 e. The van der Waals surface area contributed by atoms with Crippen LogP contribution < -0.4 is 5.32 Å². The zero-order valence-corrected chi connectivity index (χ0v) is 15.9. The van der Waals surface area contributed by atoms with Crippen molar-refractivity contribution in [3.05, 3.63) is 16.0 Å². The van der Waals surface area contributed by atoms with Crippen LogP contribution in [0.3, 0.4) is 0 Å². The molecule has 136 valence electrons. The Hall–Kier alpha value is -1.91. The van der Waals surface area contributed by atoms with Crippen molar-refractivity contribution >= 4 is 28.2 Å². The van der Waals surface area contributed by atoms with E-state index in [0.717, 1.165) is 31.4 Å². The van der Waals surface area contributed by atoms with E-state index in [-0.39, 0.29) is 17.8 Å². The summed E-state index contributed by atoms with van der Waals surface area (Å²) in [5, 5.41) is 12.9. The smallest absolute Gasteiger partial charge is 0.309 e. The normalized spacial score (nSPS) is 14.0. The minimum absolute atomic E-state index is 0.0967. The molecule has 1 aliphatic carbocycles. The van der Waals surface area contributed by atoms with Gasteiger partial charge in [0, 0.05) is 24.4 Å². The fourth-order valence-corrected chi connectivity index (χ4v) is 4.36. The van der Waals surface area contributed by atoms with Gasteiger partial charge < -0.3 is 15.0 Å². The van der Waals surface area contributed by atoms with E-state index < -0.39 is 0 Å². The molecule has 1 aromatic heterocycles. The fraction of sp³-hybridized carbons (Fsp3) is 0.611. The lowest BCUT2D eigenvalue weighted by molar-refractivity contribution is -0.145. The molecule has 1 N–H and O–H groups in total. The summed E-state index contributed by atoms with van der Waals surface area (Å²) in [5.41, 5.74) is 1.75. The third-order valence-electron chi connectivity index (χ3n) is 4.52. The van der Waals surface area contributed by atoms with Crippen LogP contribution in [-0.2, 0) is 27.2 Å². The Balaban J connectivity index is 1.88. The monoisotopic (exact) mass is 363 g/mol. The van der Waals surface area contributed by atoms with E-state index in [2.05, 4.69) is 16.3 Å². The summed E-state index contributed by atoms with van der Waals surface area (Å²) < 4.78 is 4.74. The number of amides is 1. The number of esters is 1. The number of nitriles is 1. The summed E-state index contributed by atoms with van der Waals surface area (Å²) >= 11 is 1.53. The quantitative estimate of drug-likeness (QED) is 0.718. The lowest BCUT2D eigenvalue weighted by Crippen LogP contribution is -2.34. The van der Waals surface area contributed by atoms with E-state index in [0.29, 0.717) is 30.1 Å². The molecular formula is C18H25N3O3S. The molecule has 1 unspecified atom stereocenters. The third-order valence-corrected chi connectivity index (χ3v) is 5.73. The number of anilines is 1. The van der Waals surface area contributed by atoms with Gasteiger partial charge in [-0.15, -0.1) is 11.3 Å². The maximum atomic E-state index is 12.3. The highest BCUT2D eigenvalue weighted by atomic mass is 32.1. The highest BCUT2D eigenvalue weighted by Gasteiger charge is 2.23. The van der Waals surface area contributed by atoms with Crippen LogP contribution in [0.2, 0.25) is 0 Å². The summed E-state index contributed by atoms with van der Waals surface area (Å²) in [6.45, 7) is 5.70. The molecule has 1 aromatic rings. The number of hydrogen-bond donors (Lipinski definition) is 1. The first-order valence-electron chi connectivity index (χ1n) is 8.64. The average Bonchev–Trinajstić information content (AvgIpc) is 3.17. The Bertz CT molecular complexity index is 678. The van der Waals surface area contributed by atoms with Crippen molar-refractivity contribution in [1.82, 2.24) is 4.90 Å². The maximum absolute atomic E-state index is 12.3. The fourth-order valence-electron chi connectivity index (χ4n) is 3.10. The predicted octanol–water partition coefficient (Wildman–Crippen LogP) is 2.57. The topological polar surface area (TPSA) is 82.4 Å². The first kappa shape index (κ1) is 19.4. The number of thiophene rings is 1. The Morgan fingerprint density at radius 3 is 2.84 bits per heavy atom. The van der Waals surface area contributed by atoms with Crippen LogP contribution >= 0.6 is 11.3 Å². The van der Waals surface area contributed by atoms with Crippen molar-refractivity contribution in [2.45, 2.75) is 39.5 Å². The number of fused-ring (bicyclic) bond motifs is 1. The average molecular weight is 363 g/mol. The molecule has 0 spiro atoms. The number of hydrogen-bond acceptors (Lipinski definition) is 6. The molecule has 0 bridgehead atoms. The first-order chi connectivity index (χ1) is 12.0. The number of carbonyl (C=O) groups excluding carboxylic acids is 2. The number of nitrogens with one attached hydrogen (secondary N) is 1. The maximum Gasteiger partial charge on any atom is 0.309 e. The van der Waals surface area contributed by atoms with E-state index in [1.807, 2.05) is 13.8 Å². The second-order valence-corrected chi connectivity index (χ2v) is 7.39. The van der Waals surface area contributed by atoms with Gasteiger partial charge >= 0.3 is 5.97 Å². The molecule has 1 heterocycles. The zero-order chi connectivity index (χ0) is 18.4. The molecule has 0 aromatic carbocycles. The van der Waals surface area contributed by atoms with Crippen LogP contribution in [0.5, 0.6) is 0 Å². The van der Waals surface area contributed by atoms with Crippen LogP contribution in [0.15, 0.2) is 0 Å². The molecular weight excluding hydrogens is 338 g/mol. The minimum Gasteiger partial charge on any atom is -0.469 e. The van der Waals surface area contributed by atoms with Crippen molar-refractivity contribution in [1.29, 1.82) is 5.26 Å². The van der Waals surface area contributed by atoms with Gasteiger partial charge in [-0.2, -0.15) is 5.26 Å². The molecule has 6 nitrogen and oxygen atoms in total. The molecule has 0 aliphatic heterocycles. The van der Waals surface area contributed by atoms with Crippen LogP contribution in [-0.4, -0.2) is 43.5 Å². The minimum atomic E-state index is -0.241. The third kappa shape index (κ3) is 4.80. The summed E-state index contributed by atoms with van der Waals surface area (Å²) in [6, 6.07) is 2.24. The van der Waals surface area contributed by atoms with E-state index in [1.165, 1.54) is 23.3 Å². The van der Waals surface area contributed by atoms with Gasteiger partial charge in [-0.1, -0.05) is 13.8 Å². The Morgan fingerprint density at radius 1 is 1.44 bits per heavy atom. The predicted molar refractivity (Wildman–Crippen MR) is 97.6 cm³/mol. The lowest BCUT2D eigenvalue weighted by atomic mass is 10.1. The molecule has 7 heteroatoms. The Kier molecular flexibility index (Phi) is 6.97. The van der Waals surface area contributed by atoms with Crippen molar-refractivity contribution in [3.63, 3.8) is 0 Å². The van der Waals surface area contributed by atoms with Crippen LogP contribution in [0, 0.1) is 17.2 Å². The van der Waals surface area contributed by atoms with Gasteiger partial charge in [0.2, 0.25) is 5.91 Å². The van der Waals surface area contributed by atoms with Gasteiger partial charge in [0.15, 0.2) is 0 Å². The lowest BCUT2D eigenvalue weighted by Gasteiger charge is -2.22. The van der Waals surface area contributed by atoms with Crippen LogP contribution in [0.25, 0.3) is 0 Å². The van der Waals surface area contributed by atoms with E-state index >= 15 is 0 Å². The van der Waals surface area contributed by atoms with Gasteiger partial charge in [0.1, 0.15) is 11.1 Å². The van der Waals surface area contributed by atoms with Gasteiger partial charge in [-0.05, 0) is 31.4 Å². The van der Waals surface area contributed by atoms with Gasteiger partial charge in [-0.25, -0.2) is 0 Å². The second kappa shape index (κ2) is 8.97. The number of ether oxygens (including phenoxy) is 1. The molecule has 0 saturated heterocycles. The van der Waals surface area contributed by atoms with E-state index in [1.54, 1.807) is 0 Å². The molecule has 1 amide bonds. The molecule has 25 heavy (non-hydrogen) atoms. The standard InChI is InChI=1S/C18H25N3O3S/c1-4-21(11-12(2)18(23)24-3)9-8-16(22)20-17-14(10-19)13-6-5-7-15(13)25-17/h12H,4-9,11H2,1-3H3,(H,20,22). The molecule has 0 saturated carbocycles. The molecule has 1 aliphatic rings. The second-order valence-electron chi connectivity index (χ2n) is 6.29. The van der Waals surface area contributed by atoms with E-state index in [9.17, 15) is 14.9 Å². The Labute approximate surface area is 152 Å². The summed E-state index contributed by atoms with van der Waals surface area (Å²) in [6.07, 6.45) is 3.35. The molecule has 0 fully saturated rings. The Morgan fingerprint density at radius 2 is 2.20 bits per heavy atom. The number of carbonyl (C=O) groups is 2. The number of rotatable bonds is 8. The SMILES string of the molecule is CCN(CCC(=O)Nc1sc2c(c1C#N)CCC2)CC(C)C(=O)OC. The van der Waals surface area contributed by atoms with Crippen molar-refractivity contribution in [2.24, 2.45) is 5.92 Å². The summed E-state index contributed by atoms with van der Waals surface area (Å²) in [4.78, 5) is 27.1. The van der Waals surface area contributed by atoms with Crippen molar-refractivity contribution in [3.8, 4) is 6.07 Å². The zero-order valence-electron chi connectivity index (χ0n) is 15.1. The van der Waals surface area contributed by atoms with Crippen LogP contribution in [0.4, 0.5) is 5.00 Å². The highest BCUT2D eigenvalue weighted by molar-refractivity contribution is 7.16. The number of methoxy groups -OCH3 is 1. The molecule has 2 rings (SSSR count). The van der Waals surface area contributed by atoms with E-state index in [4.69, 9.17) is 4.74 Å². The summed E-state index contributed by atoms with van der Waals surface area (Å²) in [5.74, 6) is -0.561. The number of aryl methyl sites for hydroxylation is 1. The van der Waals surface area contributed by atoms with Crippen molar-refractivity contribution in [2.75, 3.05) is 32.1 Å². The molecule has 1 atom stereocenters. The van der Waals surface area contributed by atoms with Crippen molar-refractivity contribution < 1.29 is 14.3 Å².